The molecule has 1 aliphatic rings. The van der Waals surface area contributed by atoms with Crippen LogP contribution < -0.4 is 15.5 Å². The Labute approximate surface area is 185 Å². The van der Waals surface area contributed by atoms with Gasteiger partial charge < -0.3 is 25.0 Å². The second kappa shape index (κ2) is 14.8. The predicted octanol–water partition coefficient (Wildman–Crippen LogP) is 3.15. The minimum absolute atomic E-state index is 0. The molecule has 1 saturated heterocycles. The van der Waals surface area contributed by atoms with Crippen molar-refractivity contribution in [2.24, 2.45) is 4.99 Å². The van der Waals surface area contributed by atoms with E-state index in [0.717, 1.165) is 57.7 Å². The van der Waals surface area contributed by atoms with E-state index in [4.69, 9.17) is 9.47 Å². The second-order valence-corrected chi connectivity index (χ2v) is 6.56. The van der Waals surface area contributed by atoms with Gasteiger partial charge in [-0.15, -0.1) is 24.0 Å². The Balaban J connectivity index is 0.00000392. The maximum absolute atomic E-state index is 14.4. The standard InChI is InChI=1S/C20H33FN4O2.HI/c1-3-4-11-26-12-5-8-23-20(22-2)24-16-17-6-7-19(18(21)15-17)25-9-13-27-14-10-25;/h6-7,15H,3-5,8-14,16H2,1-2H3,(H2,22,23,24);1H. The molecule has 0 bridgehead atoms. The summed E-state index contributed by atoms with van der Waals surface area (Å²) in [5.41, 5.74) is 1.53. The molecule has 1 fully saturated rings. The molecule has 1 heterocycles. The lowest BCUT2D eigenvalue weighted by Crippen LogP contribution is -2.38. The molecule has 6 nitrogen and oxygen atoms in total. The molecule has 0 radical (unpaired) electrons. The van der Waals surface area contributed by atoms with Gasteiger partial charge in [-0.05, 0) is 30.5 Å². The Morgan fingerprint density at radius 2 is 1.96 bits per heavy atom. The highest BCUT2D eigenvalue weighted by Gasteiger charge is 2.15. The van der Waals surface area contributed by atoms with Crippen LogP contribution in [-0.4, -0.2) is 59.1 Å². The summed E-state index contributed by atoms with van der Waals surface area (Å²) in [7, 11) is 1.73. The van der Waals surface area contributed by atoms with Gasteiger partial charge in [0.25, 0.3) is 0 Å². The first-order valence-electron chi connectivity index (χ1n) is 9.88. The molecule has 2 rings (SSSR count). The van der Waals surface area contributed by atoms with Crippen LogP contribution in [0.1, 0.15) is 31.7 Å². The summed E-state index contributed by atoms with van der Waals surface area (Å²) in [6.07, 6.45) is 3.19. The number of benzene rings is 1. The van der Waals surface area contributed by atoms with Crippen molar-refractivity contribution in [3.05, 3.63) is 29.6 Å². The number of aliphatic imine (C=N–C) groups is 1. The molecule has 0 aromatic heterocycles. The number of anilines is 1. The molecular weight excluding hydrogens is 474 g/mol. The molecule has 8 heteroatoms. The van der Waals surface area contributed by atoms with Crippen molar-refractivity contribution in [3.63, 3.8) is 0 Å². The van der Waals surface area contributed by atoms with Crippen molar-refractivity contribution in [1.29, 1.82) is 0 Å². The SMILES string of the molecule is CCCCOCCCNC(=NC)NCc1ccc(N2CCOCC2)c(F)c1.I. The number of nitrogens with zero attached hydrogens (tertiary/aromatic N) is 2. The maximum Gasteiger partial charge on any atom is 0.191 e. The van der Waals surface area contributed by atoms with Gasteiger partial charge in [0.1, 0.15) is 5.82 Å². The molecule has 0 saturated carbocycles. The van der Waals surface area contributed by atoms with Gasteiger partial charge in [0.15, 0.2) is 5.96 Å². The van der Waals surface area contributed by atoms with E-state index in [1.54, 1.807) is 13.1 Å². The summed E-state index contributed by atoms with van der Waals surface area (Å²) in [6.45, 7) is 7.79. The van der Waals surface area contributed by atoms with Crippen LogP contribution in [0.4, 0.5) is 10.1 Å². The summed E-state index contributed by atoms with van der Waals surface area (Å²) in [6, 6.07) is 5.39. The highest BCUT2D eigenvalue weighted by molar-refractivity contribution is 14.0. The third-order valence-corrected chi connectivity index (χ3v) is 4.45. The van der Waals surface area contributed by atoms with E-state index in [0.29, 0.717) is 31.4 Å². The summed E-state index contributed by atoms with van der Waals surface area (Å²) in [5, 5.41) is 6.47. The Morgan fingerprint density at radius 3 is 2.64 bits per heavy atom. The van der Waals surface area contributed by atoms with E-state index in [-0.39, 0.29) is 29.8 Å². The van der Waals surface area contributed by atoms with Crippen LogP contribution in [0.2, 0.25) is 0 Å². The third kappa shape index (κ3) is 8.91. The molecule has 0 unspecified atom stereocenters. The topological polar surface area (TPSA) is 58.1 Å². The van der Waals surface area contributed by atoms with Gasteiger partial charge in [-0.25, -0.2) is 4.39 Å². The molecular formula is C20H34FIN4O2. The minimum Gasteiger partial charge on any atom is -0.381 e. The van der Waals surface area contributed by atoms with Crippen LogP contribution in [0.15, 0.2) is 23.2 Å². The fourth-order valence-corrected chi connectivity index (χ4v) is 2.86. The number of halogens is 2. The average Bonchev–Trinajstić information content (AvgIpc) is 2.70. The summed E-state index contributed by atoms with van der Waals surface area (Å²) >= 11 is 0. The molecule has 0 spiro atoms. The van der Waals surface area contributed by atoms with E-state index >= 15 is 0 Å². The smallest absolute Gasteiger partial charge is 0.191 e. The van der Waals surface area contributed by atoms with Crippen LogP contribution in [0, 0.1) is 5.82 Å². The Bertz CT molecular complexity index is 583. The van der Waals surface area contributed by atoms with Crippen molar-refractivity contribution >= 4 is 35.6 Å². The zero-order valence-corrected chi connectivity index (χ0v) is 19.3. The lowest BCUT2D eigenvalue weighted by atomic mass is 10.1. The van der Waals surface area contributed by atoms with Crippen molar-refractivity contribution in [1.82, 2.24) is 10.6 Å². The third-order valence-electron chi connectivity index (χ3n) is 4.45. The van der Waals surface area contributed by atoms with Crippen LogP contribution in [0.5, 0.6) is 0 Å². The van der Waals surface area contributed by atoms with E-state index in [2.05, 4.69) is 22.5 Å². The minimum atomic E-state index is -0.191. The number of morpholine rings is 1. The fourth-order valence-electron chi connectivity index (χ4n) is 2.86. The van der Waals surface area contributed by atoms with E-state index in [1.807, 2.05) is 17.0 Å². The summed E-state index contributed by atoms with van der Waals surface area (Å²) < 4.78 is 25.3. The molecule has 28 heavy (non-hydrogen) atoms. The highest BCUT2D eigenvalue weighted by Crippen LogP contribution is 2.21. The average molecular weight is 508 g/mol. The van der Waals surface area contributed by atoms with Gasteiger partial charge in [0.2, 0.25) is 0 Å². The normalized spacial score (nSPS) is 14.5. The Hall–Kier alpha value is -1.13. The first-order valence-corrected chi connectivity index (χ1v) is 9.88. The van der Waals surface area contributed by atoms with Crippen LogP contribution in [0.25, 0.3) is 0 Å². The van der Waals surface area contributed by atoms with Gasteiger partial charge >= 0.3 is 0 Å². The zero-order chi connectivity index (χ0) is 19.3. The highest BCUT2D eigenvalue weighted by atomic mass is 127. The molecule has 2 N–H and O–H groups in total. The molecule has 160 valence electrons. The number of rotatable bonds is 10. The molecule has 0 amide bonds. The molecule has 0 aliphatic carbocycles. The lowest BCUT2D eigenvalue weighted by Gasteiger charge is -2.29. The van der Waals surface area contributed by atoms with Crippen LogP contribution in [0.3, 0.4) is 0 Å². The quantitative estimate of drug-likeness (QED) is 0.220. The lowest BCUT2D eigenvalue weighted by molar-refractivity contribution is 0.122. The summed E-state index contributed by atoms with van der Waals surface area (Å²) in [4.78, 5) is 6.23. The van der Waals surface area contributed by atoms with Crippen molar-refractivity contribution in [2.45, 2.75) is 32.7 Å². The first-order chi connectivity index (χ1) is 13.2. The predicted molar refractivity (Wildman–Crippen MR) is 123 cm³/mol. The van der Waals surface area contributed by atoms with Gasteiger partial charge in [0.05, 0.1) is 18.9 Å². The number of unbranched alkanes of at least 4 members (excludes halogenated alkanes) is 1. The monoisotopic (exact) mass is 508 g/mol. The number of hydrogen-bond donors (Lipinski definition) is 2. The zero-order valence-electron chi connectivity index (χ0n) is 17.0. The van der Waals surface area contributed by atoms with Gasteiger partial charge in [-0.3, -0.25) is 4.99 Å². The van der Waals surface area contributed by atoms with Gasteiger partial charge in [0, 0.05) is 46.4 Å². The maximum atomic E-state index is 14.4. The van der Waals surface area contributed by atoms with E-state index in [1.165, 1.54) is 0 Å². The number of guanidine groups is 1. The van der Waals surface area contributed by atoms with Crippen molar-refractivity contribution in [2.75, 3.05) is 58.0 Å². The van der Waals surface area contributed by atoms with E-state index in [9.17, 15) is 4.39 Å². The Kier molecular flexibility index (Phi) is 13.2. The van der Waals surface area contributed by atoms with Crippen molar-refractivity contribution < 1.29 is 13.9 Å². The first kappa shape index (κ1) is 24.9. The largest absolute Gasteiger partial charge is 0.381 e. The fraction of sp³-hybridized carbons (Fsp3) is 0.650. The van der Waals surface area contributed by atoms with Crippen LogP contribution in [-0.2, 0) is 16.0 Å². The van der Waals surface area contributed by atoms with Gasteiger partial charge in [-0.1, -0.05) is 19.4 Å². The number of hydrogen-bond acceptors (Lipinski definition) is 4. The van der Waals surface area contributed by atoms with Crippen LogP contribution >= 0.6 is 24.0 Å². The molecule has 0 atom stereocenters. The molecule has 1 aliphatic heterocycles. The molecule has 1 aromatic rings. The number of nitrogens with one attached hydrogen (secondary N) is 2. The van der Waals surface area contributed by atoms with Gasteiger partial charge in [-0.2, -0.15) is 0 Å². The number of ether oxygens (including phenoxy) is 2. The van der Waals surface area contributed by atoms with Crippen molar-refractivity contribution in [3.8, 4) is 0 Å². The Morgan fingerprint density at radius 1 is 1.21 bits per heavy atom. The second-order valence-electron chi connectivity index (χ2n) is 6.56. The summed E-state index contributed by atoms with van der Waals surface area (Å²) in [5.74, 6) is 0.518. The van der Waals surface area contributed by atoms with E-state index < -0.39 is 0 Å². The molecule has 1 aromatic carbocycles.